The van der Waals surface area contributed by atoms with Gasteiger partial charge in [0.1, 0.15) is 11.6 Å². The molecule has 0 heterocycles. The quantitative estimate of drug-likeness (QED) is 0.687. The second-order valence-corrected chi connectivity index (χ2v) is 7.34. The molecule has 0 spiro atoms. The standard InChI is InChI=1S/C20H33NO4/c1-8-9-16(19(22)25-20(3,4)5)21-14(2)12-15-10-11-17(23-6)18(13-15)24-7/h10-11,13-14,16,21H,8-9,12H2,1-7H3/t14-,16-/m0/s1. The lowest BCUT2D eigenvalue weighted by Crippen LogP contribution is -2.45. The Kier molecular flexibility index (Phi) is 8.23. The lowest BCUT2D eigenvalue weighted by atomic mass is 10.0. The molecule has 0 saturated heterocycles. The summed E-state index contributed by atoms with van der Waals surface area (Å²) in [4.78, 5) is 12.4. The smallest absolute Gasteiger partial charge is 0.323 e. The first kappa shape index (κ1) is 21.3. The van der Waals surface area contributed by atoms with Crippen LogP contribution < -0.4 is 14.8 Å². The number of ether oxygens (including phenoxy) is 3. The van der Waals surface area contributed by atoms with E-state index in [0.717, 1.165) is 24.8 Å². The Bertz CT molecular complexity index is 551. The van der Waals surface area contributed by atoms with Crippen molar-refractivity contribution in [2.75, 3.05) is 14.2 Å². The molecule has 142 valence electrons. The van der Waals surface area contributed by atoms with Gasteiger partial charge in [-0.3, -0.25) is 4.79 Å². The van der Waals surface area contributed by atoms with Gasteiger partial charge in [0.25, 0.3) is 0 Å². The summed E-state index contributed by atoms with van der Waals surface area (Å²) in [5, 5.41) is 3.41. The minimum atomic E-state index is -0.475. The largest absolute Gasteiger partial charge is 0.493 e. The molecule has 1 N–H and O–H groups in total. The highest BCUT2D eigenvalue weighted by molar-refractivity contribution is 5.76. The number of hydrogen-bond donors (Lipinski definition) is 1. The molecule has 0 aliphatic rings. The van der Waals surface area contributed by atoms with Crippen LogP contribution in [0.3, 0.4) is 0 Å². The predicted octanol–water partition coefficient (Wildman–Crippen LogP) is 3.73. The van der Waals surface area contributed by atoms with Crippen molar-refractivity contribution in [2.45, 2.75) is 71.6 Å². The molecule has 0 aliphatic carbocycles. The van der Waals surface area contributed by atoms with E-state index in [1.165, 1.54) is 0 Å². The lowest BCUT2D eigenvalue weighted by molar-refractivity contribution is -0.157. The van der Waals surface area contributed by atoms with Gasteiger partial charge in [-0.2, -0.15) is 0 Å². The zero-order chi connectivity index (χ0) is 19.0. The van der Waals surface area contributed by atoms with E-state index in [0.29, 0.717) is 11.5 Å². The summed E-state index contributed by atoms with van der Waals surface area (Å²) in [5.74, 6) is 1.24. The van der Waals surface area contributed by atoms with Gasteiger partial charge in [-0.1, -0.05) is 19.4 Å². The fourth-order valence-corrected chi connectivity index (χ4v) is 2.69. The summed E-state index contributed by atoms with van der Waals surface area (Å²) in [6.45, 7) is 9.81. The third-order valence-electron chi connectivity index (χ3n) is 3.74. The van der Waals surface area contributed by atoms with E-state index in [9.17, 15) is 4.79 Å². The van der Waals surface area contributed by atoms with Crippen LogP contribution in [0.1, 0.15) is 53.0 Å². The van der Waals surface area contributed by atoms with Crippen LogP contribution in [0.4, 0.5) is 0 Å². The number of methoxy groups -OCH3 is 2. The first-order chi connectivity index (χ1) is 11.7. The maximum absolute atomic E-state index is 12.4. The van der Waals surface area contributed by atoms with Crippen molar-refractivity contribution in [1.29, 1.82) is 0 Å². The number of benzene rings is 1. The number of nitrogens with one attached hydrogen (secondary N) is 1. The molecule has 0 aromatic heterocycles. The number of hydrogen-bond acceptors (Lipinski definition) is 5. The molecule has 1 rings (SSSR count). The summed E-state index contributed by atoms with van der Waals surface area (Å²) in [7, 11) is 3.25. The molecule has 0 bridgehead atoms. The Morgan fingerprint density at radius 1 is 1.16 bits per heavy atom. The summed E-state index contributed by atoms with van der Waals surface area (Å²) in [5.41, 5.74) is 0.647. The average Bonchev–Trinajstić information content (AvgIpc) is 2.52. The van der Waals surface area contributed by atoms with E-state index in [1.54, 1.807) is 14.2 Å². The van der Waals surface area contributed by atoms with E-state index >= 15 is 0 Å². The molecule has 0 aliphatic heterocycles. The molecule has 5 heteroatoms. The van der Waals surface area contributed by atoms with E-state index < -0.39 is 5.60 Å². The van der Waals surface area contributed by atoms with Crippen molar-refractivity contribution in [1.82, 2.24) is 5.32 Å². The lowest BCUT2D eigenvalue weighted by Gasteiger charge is -2.26. The zero-order valence-corrected chi connectivity index (χ0v) is 16.6. The van der Waals surface area contributed by atoms with Crippen molar-refractivity contribution in [3.8, 4) is 11.5 Å². The molecule has 1 aromatic carbocycles. The Morgan fingerprint density at radius 2 is 1.80 bits per heavy atom. The van der Waals surface area contributed by atoms with E-state index in [-0.39, 0.29) is 18.1 Å². The topological polar surface area (TPSA) is 56.8 Å². The normalized spacial score (nSPS) is 13.9. The molecule has 0 saturated carbocycles. The molecule has 0 amide bonds. The molecule has 1 aromatic rings. The average molecular weight is 351 g/mol. The van der Waals surface area contributed by atoms with Crippen molar-refractivity contribution < 1.29 is 19.0 Å². The summed E-state index contributed by atoms with van der Waals surface area (Å²) >= 11 is 0. The highest BCUT2D eigenvalue weighted by Crippen LogP contribution is 2.28. The predicted molar refractivity (Wildman–Crippen MR) is 100 cm³/mol. The fraction of sp³-hybridized carbons (Fsp3) is 0.650. The minimum absolute atomic E-state index is 0.127. The molecule has 0 fully saturated rings. The first-order valence-electron chi connectivity index (χ1n) is 8.90. The molecule has 5 nitrogen and oxygen atoms in total. The highest BCUT2D eigenvalue weighted by atomic mass is 16.6. The van der Waals surface area contributed by atoms with Gasteiger partial charge in [0, 0.05) is 6.04 Å². The maximum atomic E-state index is 12.4. The van der Waals surface area contributed by atoms with E-state index in [2.05, 4.69) is 19.2 Å². The molecular weight excluding hydrogens is 318 g/mol. The Labute approximate surface area is 152 Å². The summed E-state index contributed by atoms with van der Waals surface area (Å²) in [6.07, 6.45) is 2.45. The monoisotopic (exact) mass is 351 g/mol. The van der Waals surface area contributed by atoms with Crippen LogP contribution in [0.25, 0.3) is 0 Å². The highest BCUT2D eigenvalue weighted by Gasteiger charge is 2.25. The third kappa shape index (κ3) is 7.34. The van der Waals surface area contributed by atoms with Gasteiger partial charge in [0.15, 0.2) is 11.5 Å². The van der Waals surface area contributed by atoms with Gasteiger partial charge in [0.05, 0.1) is 14.2 Å². The minimum Gasteiger partial charge on any atom is -0.493 e. The number of esters is 1. The molecule has 25 heavy (non-hydrogen) atoms. The van der Waals surface area contributed by atoms with Gasteiger partial charge in [0.2, 0.25) is 0 Å². The van der Waals surface area contributed by atoms with E-state index in [1.807, 2.05) is 39.0 Å². The van der Waals surface area contributed by atoms with Gasteiger partial charge in [-0.25, -0.2) is 0 Å². The van der Waals surface area contributed by atoms with Crippen LogP contribution in [-0.4, -0.2) is 37.9 Å². The van der Waals surface area contributed by atoms with Crippen LogP contribution in [0.5, 0.6) is 11.5 Å². The second kappa shape index (κ2) is 9.66. The molecular formula is C20H33NO4. The van der Waals surface area contributed by atoms with Crippen LogP contribution in [0.15, 0.2) is 18.2 Å². The maximum Gasteiger partial charge on any atom is 0.323 e. The van der Waals surface area contributed by atoms with Gasteiger partial charge in [-0.05, 0) is 58.2 Å². The first-order valence-corrected chi connectivity index (χ1v) is 8.90. The van der Waals surface area contributed by atoms with Crippen LogP contribution in [0.2, 0.25) is 0 Å². The second-order valence-electron chi connectivity index (χ2n) is 7.34. The Morgan fingerprint density at radius 3 is 2.32 bits per heavy atom. The van der Waals surface area contributed by atoms with Crippen LogP contribution >= 0.6 is 0 Å². The molecule has 0 radical (unpaired) electrons. The van der Waals surface area contributed by atoms with E-state index in [4.69, 9.17) is 14.2 Å². The van der Waals surface area contributed by atoms with Gasteiger partial charge < -0.3 is 19.5 Å². The number of carbonyl (C=O) groups is 1. The van der Waals surface area contributed by atoms with Gasteiger partial charge >= 0.3 is 5.97 Å². The third-order valence-corrected chi connectivity index (χ3v) is 3.74. The van der Waals surface area contributed by atoms with Crippen LogP contribution in [-0.2, 0) is 16.0 Å². The van der Waals surface area contributed by atoms with Crippen molar-refractivity contribution in [2.24, 2.45) is 0 Å². The summed E-state index contributed by atoms with van der Waals surface area (Å²) < 4.78 is 16.2. The van der Waals surface area contributed by atoms with Gasteiger partial charge in [-0.15, -0.1) is 0 Å². The summed E-state index contributed by atoms with van der Waals surface area (Å²) in [6, 6.07) is 5.72. The van der Waals surface area contributed by atoms with Crippen LogP contribution in [0, 0.1) is 0 Å². The van der Waals surface area contributed by atoms with Crippen molar-refractivity contribution in [3.05, 3.63) is 23.8 Å². The molecule has 2 atom stereocenters. The number of carbonyl (C=O) groups excluding carboxylic acids is 1. The van der Waals surface area contributed by atoms with Crippen molar-refractivity contribution in [3.63, 3.8) is 0 Å². The number of rotatable bonds is 9. The fourth-order valence-electron chi connectivity index (χ4n) is 2.69. The Balaban J connectivity index is 2.74. The van der Waals surface area contributed by atoms with Crippen molar-refractivity contribution >= 4 is 5.97 Å². The zero-order valence-electron chi connectivity index (χ0n) is 16.6. The SMILES string of the molecule is CCC[C@H](N[C@@H](C)Cc1ccc(OC)c(OC)c1)C(=O)OC(C)(C)C. The molecule has 0 unspecified atom stereocenters. The Hall–Kier alpha value is -1.75.